The Hall–Kier alpha value is -5.55. The van der Waals surface area contributed by atoms with Crippen LogP contribution < -0.4 is 5.32 Å². The minimum absolute atomic E-state index is 0.0432. The number of aliphatic hydroxyl groups is 1. The van der Waals surface area contributed by atoms with Crippen LogP contribution in [0.1, 0.15) is 51.9 Å². The van der Waals surface area contributed by atoms with Crippen LogP contribution in [0.15, 0.2) is 127 Å². The van der Waals surface area contributed by atoms with Crippen molar-refractivity contribution >= 4 is 23.9 Å². The Morgan fingerprint density at radius 1 is 0.887 bits per heavy atom. The van der Waals surface area contributed by atoms with Crippen LogP contribution in [-0.2, 0) is 36.0 Å². The van der Waals surface area contributed by atoms with Crippen molar-refractivity contribution in [3.8, 4) is 5.75 Å². The molecule has 0 saturated carbocycles. The van der Waals surface area contributed by atoms with Crippen molar-refractivity contribution in [2.75, 3.05) is 19.7 Å². The summed E-state index contributed by atoms with van der Waals surface area (Å²) in [6, 6.07) is 32.6. The lowest BCUT2D eigenvalue weighted by atomic mass is 9.91. The van der Waals surface area contributed by atoms with E-state index in [0.29, 0.717) is 42.5 Å². The van der Waals surface area contributed by atoms with E-state index in [1.54, 1.807) is 35.2 Å². The van der Waals surface area contributed by atoms with E-state index in [0.717, 1.165) is 16.7 Å². The van der Waals surface area contributed by atoms with Crippen molar-refractivity contribution in [2.45, 2.75) is 55.8 Å². The number of esters is 1. The number of para-hydroxylation sites is 1. The first kappa shape index (κ1) is 35.8. The van der Waals surface area contributed by atoms with Crippen LogP contribution in [0.25, 0.3) is 6.08 Å². The normalized spacial score (nSPS) is 21.9. The van der Waals surface area contributed by atoms with Gasteiger partial charge in [0.2, 0.25) is 17.6 Å². The standard InChI is InChI=1S/C43H42N2O8/c46-26-24-44-40(48)35-22-12-25-45(35)41(49)31-27-37(51-42(50)34-21-9-7-13-29(34)15-11-16-30-14-8-10-23-36(30)47)39-38(28-31)52-43(53-39,32-17-3-1-4-18-32)33-19-5-2-6-20-33/h1-11,13-15,17-21,23,28,35,37-39,46-47H,12,16,22,24-27H2,(H,44,48). The largest absolute Gasteiger partial charge is 0.508 e. The number of rotatable bonds is 11. The van der Waals surface area contributed by atoms with Crippen LogP contribution in [0.2, 0.25) is 0 Å². The van der Waals surface area contributed by atoms with Gasteiger partial charge in [-0.15, -0.1) is 0 Å². The molecule has 10 heteroatoms. The number of aliphatic hydroxyl groups excluding tert-OH is 1. The first-order chi connectivity index (χ1) is 25.9. The first-order valence-electron chi connectivity index (χ1n) is 18.0. The number of hydrogen-bond acceptors (Lipinski definition) is 8. The summed E-state index contributed by atoms with van der Waals surface area (Å²) in [5.74, 6) is -2.40. The van der Waals surface area contributed by atoms with E-state index in [9.17, 15) is 24.6 Å². The zero-order valence-corrected chi connectivity index (χ0v) is 29.2. The fraction of sp³-hybridized carbons (Fsp3) is 0.279. The van der Waals surface area contributed by atoms with E-state index >= 15 is 0 Å². The summed E-state index contributed by atoms with van der Waals surface area (Å²) < 4.78 is 20.0. The van der Waals surface area contributed by atoms with Gasteiger partial charge < -0.3 is 34.6 Å². The Balaban J connectivity index is 1.21. The van der Waals surface area contributed by atoms with Crippen LogP contribution >= 0.6 is 0 Å². The third kappa shape index (κ3) is 7.52. The second-order valence-electron chi connectivity index (χ2n) is 13.3. The lowest BCUT2D eigenvalue weighted by Crippen LogP contribution is -2.49. The molecule has 2 amide bonds. The number of amides is 2. The Kier molecular flexibility index (Phi) is 10.8. The zero-order valence-electron chi connectivity index (χ0n) is 29.2. The van der Waals surface area contributed by atoms with Crippen LogP contribution in [0.5, 0.6) is 5.75 Å². The van der Waals surface area contributed by atoms with Gasteiger partial charge in [0.05, 0.1) is 12.2 Å². The number of hydrogen-bond donors (Lipinski definition) is 3. The molecule has 3 aliphatic rings. The maximum atomic E-state index is 14.3. The van der Waals surface area contributed by atoms with Crippen LogP contribution in [0.4, 0.5) is 0 Å². The molecule has 3 N–H and O–H groups in total. The number of phenolic OH excluding ortho intramolecular Hbond substituents is 1. The number of fused-ring (bicyclic) bond motifs is 1. The SMILES string of the molecule is O=C(OC1CC(C(=O)N2CCCC2C(=O)NCCO)=CC2OC(c3ccccc3)(c3ccccc3)OC21)c1ccccc1C=CCc1ccccc1O. The van der Waals surface area contributed by atoms with Gasteiger partial charge in [0.25, 0.3) is 0 Å². The van der Waals surface area contributed by atoms with Crippen molar-refractivity contribution in [1.82, 2.24) is 10.2 Å². The Morgan fingerprint density at radius 2 is 1.57 bits per heavy atom. The van der Waals surface area contributed by atoms with Crippen molar-refractivity contribution < 1.29 is 38.8 Å². The number of aromatic hydroxyl groups is 1. The molecule has 0 spiro atoms. The van der Waals surface area contributed by atoms with Gasteiger partial charge in [0.15, 0.2) is 0 Å². The minimum atomic E-state index is -1.36. The molecule has 0 radical (unpaired) electrons. The van der Waals surface area contributed by atoms with Gasteiger partial charge in [-0.3, -0.25) is 9.59 Å². The van der Waals surface area contributed by atoms with E-state index in [-0.39, 0.29) is 37.1 Å². The van der Waals surface area contributed by atoms with Crippen molar-refractivity contribution in [3.63, 3.8) is 0 Å². The number of nitrogens with zero attached hydrogens (tertiary/aromatic N) is 1. The smallest absolute Gasteiger partial charge is 0.339 e. The van der Waals surface area contributed by atoms with E-state index in [1.807, 2.05) is 97.1 Å². The van der Waals surface area contributed by atoms with Crippen molar-refractivity contribution in [2.24, 2.45) is 0 Å². The predicted molar refractivity (Wildman–Crippen MR) is 197 cm³/mol. The molecule has 2 heterocycles. The third-order valence-corrected chi connectivity index (χ3v) is 9.96. The number of ether oxygens (including phenoxy) is 3. The molecule has 53 heavy (non-hydrogen) atoms. The van der Waals surface area contributed by atoms with Crippen molar-refractivity contribution in [3.05, 3.63) is 155 Å². The molecular weight excluding hydrogens is 672 g/mol. The molecule has 4 unspecified atom stereocenters. The molecule has 4 aromatic rings. The molecule has 0 aromatic heterocycles. The molecule has 0 bridgehead atoms. The van der Waals surface area contributed by atoms with Gasteiger partial charge in [-0.05, 0) is 48.6 Å². The molecule has 10 nitrogen and oxygen atoms in total. The number of phenols is 1. The van der Waals surface area contributed by atoms with E-state index in [1.165, 1.54) is 0 Å². The number of carbonyl (C=O) groups is 3. The molecule has 2 saturated heterocycles. The summed E-state index contributed by atoms with van der Waals surface area (Å²) in [4.78, 5) is 42.9. The summed E-state index contributed by atoms with van der Waals surface area (Å²) in [6.45, 7) is 0.284. The van der Waals surface area contributed by atoms with Gasteiger partial charge in [-0.2, -0.15) is 0 Å². The fourth-order valence-corrected chi connectivity index (χ4v) is 7.37. The van der Waals surface area contributed by atoms with Gasteiger partial charge >= 0.3 is 5.97 Å². The maximum absolute atomic E-state index is 14.3. The van der Waals surface area contributed by atoms with Gasteiger partial charge in [0, 0.05) is 36.2 Å². The highest BCUT2D eigenvalue weighted by Crippen LogP contribution is 2.47. The molecule has 1 aliphatic carbocycles. The van der Waals surface area contributed by atoms with Gasteiger partial charge in [0.1, 0.15) is 30.1 Å². The van der Waals surface area contributed by atoms with Gasteiger partial charge in [-0.1, -0.05) is 109 Å². The highest BCUT2D eigenvalue weighted by Gasteiger charge is 2.55. The fourth-order valence-electron chi connectivity index (χ4n) is 7.37. The molecular formula is C43H42N2O8. The Labute approximate surface area is 308 Å². The lowest BCUT2D eigenvalue weighted by molar-refractivity contribution is -0.157. The average molecular weight is 715 g/mol. The Bertz CT molecular complexity index is 1960. The molecule has 7 rings (SSSR count). The molecule has 2 fully saturated rings. The summed E-state index contributed by atoms with van der Waals surface area (Å²) in [5.41, 5.74) is 3.57. The summed E-state index contributed by atoms with van der Waals surface area (Å²) in [7, 11) is 0. The quantitative estimate of drug-likeness (QED) is 0.179. The molecule has 4 aromatic carbocycles. The number of likely N-dealkylation sites (tertiary alicyclic amines) is 1. The monoisotopic (exact) mass is 714 g/mol. The number of nitrogens with one attached hydrogen (secondary N) is 1. The number of allylic oxidation sites excluding steroid dienone is 1. The number of carbonyl (C=O) groups excluding carboxylic acids is 3. The molecule has 2 aliphatic heterocycles. The van der Waals surface area contributed by atoms with Crippen LogP contribution in [-0.4, -0.2) is 76.9 Å². The third-order valence-electron chi connectivity index (χ3n) is 9.96. The highest BCUT2D eigenvalue weighted by molar-refractivity contribution is 5.98. The Morgan fingerprint density at radius 3 is 2.28 bits per heavy atom. The van der Waals surface area contributed by atoms with Crippen molar-refractivity contribution in [1.29, 1.82) is 0 Å². The van der Waals surface area contributed by atoms with E-state index < -0.39 is 36.1 Å². The predicted octanol–water partition coefficient (Wildman–Crippen LogP) is 5.29. The molecule has 272 valence electrons. The van der Waals surface area contributed by atoms with Crippen LogP contribution in [0, 0.1) is 0 Å². The highest BCUT2D eigenvalue weighted by atomic mass is 16.8. The summed E-state index contributed by atoms with van der Waals surface area (Å²) in [6.07, 6.45) is 4.63. The topological polar surface area (TPSA) is 135 Å². The summed E-state index contributed by atoms with van der Waals surface area (Å²) >= 11 is 0. The molecule has 4 atom stereocenters. The number of benzene rings is 4. The summed E-state index contributed by atoms with van der Waals surface area (Å²) in [5, 5.41) is 22.1. The zero-order chi connectivity index (χ0) is 36.8. The van der Waals surface area contributed by atoms with E-state index in [2.05, 4.69) is 5.32 Å². The average Bonchev–Trinajstić information content (AvgIpc) is 3.85. The van der Waals surface area contributed by atoms with Gasteiger partial charge in [-0.25, -0.2) is 4.79 Å². The van der Waals surface area contributed by atoms with Crippen LogP contribution in [0.3, 0.4) is 0 Å². The minimum Gasteiger partial charge on any atom is -0.508 e. The first-order valence-corrected chi connectivity index (χ1v) is 18.0. The second-order valence-corrected chi connectivity index (χ2v) is 13.3. The van der Waals surface area contributed by atoms with E-state index in [4.69, 9.17) is 14.2 Å². The maximum Gasteiger partial charge on any atom is 0.339 e. The lowest BCUT2D eigenvalue weighted by Gasteiger charge is -2.33. The second kappa shape index (κ2) is 16.0.